The smallest absolute Gasteiger partial charge is 0.303 e. The molecule has 0 spiro atoms. The number of carboxylic acid groups (broad SMARTS) is 1. The summed E-state index contributed by atoms with van der Waals surface area (Å²) in [5.41, 5.74) is 0.586. The van der Waals surface area contributed by atoms with Crippen molar-refractivity contribution in [3.63, 3.8) is 0 Å². The number of aliphatic hydroxyl groups is 1. The Balaban J connectivity index is 2.84. The number of methoxy groups -OCH3 is 2. The fourth-order valence-electron chi connectivity index (χ4n) is 1.45. The van der Waals surface area contributed by atoms with Gasteiger partial charge in [-0.1, -0.05) is 0 Å². The SMILES string of the molecule is COc1cc(OC)cc(C(O)CCC(=O)O)c1. The molecule has 0 saturated heterocycles. The molecule has 0 bridgehead atoms. The lowest BCUT2D eigenvalue weighted by Crippen LogP contribution is -2.03. The fourth-order valence-corrected chi connectivity index (χ4v) is 1.45. The number of aliphatic carboxylic acids is 1. The largest absolute Gasteiger partial charge is 0.497 e. The molecule has 0 fully saturated rings. The zero-order chi connectivity index (χ0) is 12.8. The highest BCUT2D eigenvalue weighted by molar-refractivity contribution is 5.66. The minimum atomic E-state index is -0.932. The summed E-state index contributed by atoms with van der Waals surface area (Å²) in [4.78, 5) is 10.4. The van der Waals surface area contributed by atoms with Crippen LogP contribution >= 0.6 is 0 Å². The summed E-state index contributed by atoms with van der Waals surface area (Å²) in [6.45, 7) is 0. The zero-order valence-corrected chi connectivity index (χ0v) is 9.84. The van der Waals surface area contributed by atoms with Gasteiger partial charge in [0.25, 0.3) is 0 Å². The molecule has 5 heteroatoms. The van der Waals surface area contributed by atoms with E-state index in [0.29, 0.717) is 17.1 Å². The second kappa shape index (κ2) is 6.10. The Kier molecular flexibility index (Phi) is 4.78. The highest BCUT2D eigenvalue weighted by atomic mass is 16.5. The number of hydrogen-bond acceptors (Lipinski definition) is 4. The summed E-state index contributed by atoms with van der Waals surface area (Å²) in [6.07, 6.45) is -0.762. The second-order valence-corrected chi connectivity index (χ2v) is 3.59. The molecule has 0 saturated carbocycles. The fraction of sp³-hybridized carbons (Fsp3) is 0.417. The van der Waals surface area contributed by atoms with E-state index in [-0.39, 0.29) is 12.8 Å². The Morgan fingerprint density at radius 1 is 1.24 bits per heavy atom. The monoisotopic (exact) mass is 240 g/mol. The van der Waals surface area contributed by atoms with Gasteiger partial charge in [0.05, 0.1) is 20.3 Å². The van der Waals surface area contributed by atoms with E-state index in [9.17, 15) is 9.90 Å². The van der Waals surface area contributed by atoms with Gasteiger partial charge in [0.15, 0.2) is 0 Å². The number of hydrogen-bond donors (Lipinski definition) is 2. The van der Waals surface area contributed by atoms with Crippen LogP contribution in [-0.2, 0) is 4.79 Å². The minimum Gasteiger partial charge on any atom is -0.497 e. The summed E-state index contributed by atoms with van der Waals surface area (Å²) in [7, 11) is 3.03. The van der Waals surface area contributed by atoms with Crippen molar-refractivity contribution in [3.05, 3.63) is 23.8 Å². The Labute approximate surface area is 99.6 Å². The Morgan fingerprint density at radius 2 is 1.76 bits per heavy atom. The van der Waals surface area contributed by atoms with Gasteiger partial charge in [-0.2, -0.15) is 0 Å². The number of aliphatic hydroxyl groups excluding tert-OH is 1. The number of rotatable bonds is 6. The minimum absolute atomic E-state index is 0.0826. The molecule has 2 N–H and O–H groups in total. The van der Waals surface area contributed by atoms with E-state index in [1.165, 1.54) is 14.2 Å². The molecule has 0 radical (unpaired) electrons. The summed E-state index contributed by atoms with van der Waals surface area (Å²) >= 11 is 0. The maximum atomic E-state index is 10.4. The molecule has 0 amide bonds. The average Bonchev–Trinajstić information content (AvgIpc) is 2.34. The third-order valence-electron chi connectivity index (χ3n) is 2.39. The molecular formula is C12H16O5. The van der Waals surface area contributed by atoms with Crippen LogP contribution in [0.4, 0.5) is 0 Å². The van der Waals surface area contributed by atoms with Crippen molar-refractivity contribution in [1.82, 2.24) is 0 Å². The zero-order valence-electron chi connectivity index (χ0n) is 9.84. The molecule has 1 unspecified atom stereocenters. The summed E-state index contributed by atoms with van der Waals surface area (Å²) in [6, 6.07) is 5.01. The average molecular weight is 240 g/mol. The van der Waals surface area contributed by atoms with Gasteiger partial charge in [-0.05, 0) is 24.1 Å². The Morgan fingerprint density at radius 3 is 2.18 bits per heavy atom. The van der Waals surface area contributed by atoms with Crippen LogP contribution in [0.15, 0.2) is 18.2 Å². The van der Waals surface area contributed by atoms with Gasteiger partial charge in [0, 0.05) is 12.5 Å². The molecule has 0 aliphatic rings. The molecule has 0 aliphatic heterocycles. The van der Waals surface area contributed by atoms with Gasteiger partial charge >= 0.3 is 5.97 Å². The van der Waals surface area contributed by atoms with E-state index >= 15 is 0 Å². The van der Waals surface area contributed by atoms with Gasteiger partial charge < -0.3 is 19.7 Å². The molecule has 1 aromatic rings. The van der Waals surface area contributed by atoms with E-state index in [4.69, 9.17) is 14.6 Å². The predicted octanol–water partition coefficient (Wildman–Crippen LogP) is 1.60. The first-order valence-electron chi connectivity index (χ1n) is 5.19. The first-order valence-corrected chi connectivity index (χ1v) is 5.19. The van der Waals surface area contributed by atoms with Gasteiger partial charge in [-0.15, -0.1) is 0 Å². The highest BCUT2D eigenvalue weighted by Gasteiger charge is 2.12. The third kappa shape index (κ3) is 3.96. The standard InChI is InChI=1S/C12H16O5/c1-16-9-5-8(6-10(7-9)17-2)11(13)3-4-12(14)15/h5-7,11,13H,3-4H2,1-2H3,(H,14,15). The normalized spacial score (nSPS) is 11.9. The predicted molar refractivity (Wildman–Crippen MR) is 61.4 cm³/mol. The first-order chi connectivity index (χ1) is 8.06. The van der Waals surface area contributed by atoms with Crippen LogP contribution in [-0.4, -0.2) is 30.4 Å². The maximum absolute atomic E-state index is 10.4. The first kappa shape index (κ1) is 13.3. The molecule has 1 rings (SSSR count). The van der Waals surface area contributed by atoms with Crippen LogP contribution in [0.3, 0.4) is 0 Å². The lowest BCUT2D eigenvalue weighted by atomic mass is 10.0. The second-order valence-electron chi connectivity index (χ2n) is 3.59. The molecule has 0 aromatic heterocycles. The van der Waals surface area contributed by atoms with Crippen LogP contribution in [0.1, 0.15) is 24.5 Å². The van der Waals surface area contributed by atoms with E-state index in [0.717, 1.165) is 0 Å². The van der Waals surface area contributed by atoms with Crippen LogP contribution < -0.4 is 9.47 Å². The maximum Gasteiger partial charge on any atom is 0.303 e. The van der Waals surface area contributed by atoms with Crippen molar-refractivity contribution >= 4 is 5.97 Å². The van der Waals surface area contributed by atoms with Crippen LogP contribution in [0.25, 0.3) is 0 Å². The molecule has 94 valence electrons. The van der Waals surface area contributed by atoms with Crippen molar-refractivity contribution in [2.24, 2.45) is 0 Å². The van der Waals surface area contributed by atoms with Gasteiger partial charge in [0.1, 0.15) is 11.5 Å². The van der Waals surface area contributed by atoms with Crippen LogP contribution in [0, 0.1) is 0 Å². The van der Waals surface area contributed by atoms with Crippen LogP contribution in [0.5, 0.6) is 11.5 Å². The number of ether oxygens (including phenoxy) is 2. The van der Waals surface area contributed by atoms with E-state index in [1.54, 1.807) is 18.2 Å². The molecule has 1 atom stereocenters. The Hall–Kier alpha value is -1.75. The van der Waals surface area contributed by atoms with Crippen molar-refractivity contribution in [2.75, 3.05) is 14.2 Å². The van der Waals surface area contributed by atoms with Crippen LogP contribution in [0.2, 0.25) is 0 Å². The lowest BCUT2D eigenvalue weighted by Gasteiger charge is -2.13. The van der Waals surface area contributed by atoms with E-state index < -0.39 is 12.1 Å². The summed E-state index contributed by atoms with van der Waals surface area (Å²) in [5.74, 6) is 0.196. The Bertz CT molecular complexity index is 366. The number of carbonyl (C=O) groups is 1. The molecule has 5 nitrogen and oxygen atoms in total. The van der Waals surface area contributed by atoms with Gasteiger partial charge in [0.2, 0.25) is 0 Å². The summed E-state index contributed by atoms with van der Waals surface area (Å²) in [5, 5.41) is 18.4. The quantitative estimate of drug-likeness (QED) is 0.789. The van der Waals surface area contributed by atoms with Crippen molar-refractivity contribution in [1.29, 1.82) is 0 Å². The molecule has 0 heterocycles. The molecule has 0 aliphatic carbocycles. The molecular weight excluding hydrogens is 224 g/mol. The third-order valence-corrected chi connectivity index (χ3v) is 2.39. The van der Waals surface area contributed by atoms with Crippen molar-refractivity contribution < 1.29 is 24.5 Å². The van der Waals surface area contributed by atoms with Crippen molar-refractivity contribution in [3.8, 4) is 11.5 Å². The number of carboxylic acids is 1. The topological polar surface area (TPSA) is 76.0 Å². The van der Waals surface area contributed by atoms with Gasteiger partial charge in [-0.3, -0.25) is 4.79 Å². The number of benzene rings is 1. The summed E-state index contributed by atoms with van der Waals surface area (Å²) < 4.78 is 10.1. The molecule has 17 heavy (non-hydrogen) atoms. The highest BCUT2D eigenvalue weighted by Crippen LogP contribution is 2.28. The van der Waals surface area contributed by atoms with Crippen molar-refractivity contribution in [2.45, 2.75) is 18.9 Å². The van der Waals surface area contributed by atoms with E-state index in [1.807, 2.05) is 0 Å². The van der Waals surface area contributed by atoms with E-state index in [2.05, 4.69) is 0 Å². The lowest BCUT2D eigenvalue weighted by molar-refractivity contribution is -0.137. The molecule has 1 aromatic carbocycles. The van der Waals surface area contributed by atoms with Gasteiger partial charge in [-0.25, -0.2) is 0 Å².